The molecule has 0 aliphatic carbocycles. The fourth-order valence-corrected chi connectivity index (χ4v) is 5.87. The second kappa shape index (κ2) is 12.2. The summed E-state index contributed by atoms with van der Waals surface area (Å²) in [7, 11) is 0. The van der Waals surface area contributed by atoms with Crippen LogP contribution in [-0.4, -0.2) is 66.6 Å². The van der Waals surface area contributed by atoms with Crippen molar-refractivity contribution < 1.29 is 28.2 Å². The van der Waals surface area contributed by atoms with E-state index in [0.29, 0.717) is 51.5 Å². The molecule has 212 valence electrons. The second-order valence-electron chi connectivity index (χ2n) is 11.7. The third-order valence-corrected chi connectivity index (χ3v) is 8.22. The number of hydrogen-bond acceptors (Lipinski definition) is 6. The largest absolute Gasteiger partial charge is 0.492 e. The zero-order valence-corrected chi connectivity index (χ0v) is 22.6. The molecule has 1 aromatic carbocycles. The van der Waals surface area contributed by atoms with E-state index < -0.39 is 24.0 Å². The maximum Gasteiger partial charge on any atom is 0.325 e. The van der Waals surface area contributed by atoms with E-state index in [9.17, 15) is 14.3 Å². The molecule has 2 N–H and O–H groups in total. The second-order valence-corrected chi connectivity index (χ2v) is 11.7. The van der Waals surface area contributed by atoms with Crippen molar-refractivity contribution in [3.63, 3.8) is 0 Å². The first kappa shape index (κ1) is 27.8. The first-order chi connectivity index (χ1) is 18.8. The standard InChI is InChI=1S/C30H39F2N3O4/c1-30(17-38-18-30)19-39-26-11-9-22(31)15-24(26)27(29(36)37)35-14-12-21(16-35)25(32)7-3-2-6-23-10-8-20-5-4-13-33-28(20)34-23/h8-11,15,21,25,27H,2-7,12-14,16-19H2,1H3,(H,33,34)(H,36,37)/t21-,25?,27+/m1/s1. The fraction of sp³-hybridized carbons (Fsp3) is 0.600. The Balaban J connectivity index is 1.15. The topological polar surface area (TPSA) is 83.9 Å². The van der Waals surface area contributed by atoms with Crippen LogP contribution < -0.4 is 10.1 Å². The quantitative estimate of drug-likeness (QED) is 0.357. The molecule has 7 nitrogen and oxygen atoms in total. The van der Waals surface area contributed by atoms with Gasteiger partial charge >= 0.3 is 5.97 Å². The molecule has 9 heteroatoms. The van der Waals surface area contributed by atoms with Gasteiger partial charge in [0, 0.05) is 35.7 Å². The van der Waals surface area contributed by atoms with Gasteiger partial charge in [-0.15, -0.1) is 0 Å². The fourth-order valence-electron chi connectivity index (χ4n) is 5.87. The first-order valence-corrected chi connectivity index (χ1v) is 14.1. The Hall–Kier alpha value is -2.78. The number of halogens is 2. The average Bonchev–Trinajstić information content (AvgIpc) is 3.39. The lowest BCUT2D eigenvalue weighted by molar-refractivity contribution is -0.143. The number of alkyl halides is 1. The number of pyridine rings is 1. The smallest absolute Gasteiger partial charge is 0.325 e. The molecule has 39 heavy (non-hydrogen) atoms. The Kier molecular flexibility index (Phi) is 8.67. The van der Waals surface area contributed by atoms with E-state index in [2.05, 4.69) is 17.4 Å². The molecule has 0 bridgehead atoms. The van der Waals surface area contributed by atoms with Crippen molar-refractivity contribution >= 4 is 11.8 Å². The van der Waals surface area contributed by atoms with Gasteiger partial charge in [0.1, 0.15) is 29.6 Å². The van der Waals surface area contributed by atoms with Crippen molar-refractivity contribution in [2.24, 2.45) is 11.3 Å². The Labute approximate surface area is 228 Å². The van der Waals surface area contributed by atoms with Crippen molar-refractivity contribution in [2.75, 3.05) is 44.8 Å². The lowest BCUT2D eigenvalue weighted by Crippen LogP contribution is -2.44. The summed E-state index contributed by atoms with van der Waals surface area (Å²) in [5, 5.41) is 13.5. The molecule has 3 aliphatic heterocycles. The van der Waals surface area contributed by atoms with Crippen LogP contribution in [0.25, 0.3) is 0 Å². The minimum Gasteiger partial charge on any atom is -0.492 e. The third kappa shape index (κ3) is 6.69. The molecule has 5 rings (SSSR count). The van der Waals surface area contributed by atoms with Gasteiger partial charge in [-0.05, 0) is 74.9 Å². The number of hydrogen-bond donors (Lipinski definition) is 2. The number of nitrogens with zero attached hydrogens (tertiary/aromatic N) is 2. The molecular weight excluding hydrogens is 504 g/mol. The Morgan fingerprint density at radius 1 is 1.31 bits per heavy atom. The molecule has 1 aromatic heterocycles. The van der Waals surface area contributed by atoms with Crippen LogP contribution in [-0.2, 0) is 22.4 Å². The summed E-state index contributed by atoms with van der Waals surface area (Å²) in [5.41, 5.74) is 2.42. The summed E-state index contributed by atoms with van der Waals surface area (Å²) in [4.78, 5) is 18.9. The van der Waals surface area contributed by atoms with E-state index in [1.807, 2.05) is 6.92 Å². The number of benzene rings is 1. The van der Waals surface area contributed by atoms with E-state index in [-0.39, 0.29) is 16.9 Å². The Morgan fingerprint density at radius 3 is 2.92 bits per heavy atom. The molecule has 0 spiro atoms. The maximum atomic E-state index is 15.2. The number of rotatable bonds is 12. The van der Waals surface area contributed by atoms with E-state index in [4.69, 9.17) is 14.5 Å². The SMILES string of the molecule is CC1(COc2ccc(F)cc2[C@@H](C(=O)O)N2CC[C@@H](C(F)CCCCc3ccc4c(n3)NCCC4)C2)COC1. The zero-order valence-electron chi connectivity index (χ0n) is 22.6. The molecule has 3 atom stereocenters. The van der Waals surface area contributed by atoms with Gasteiger partial charge in [0.25, 0.3) is 0 Å². The number of unbranched alkanes of at least 4 members (excludes halogenated alkanes) is 1. The van der Waals surface area contributed by atoms with Gasteiger partial charge in [-0.1, -0.05) is 19.4 Å². The molecule has 0 saturated carbocycles. The van der Waals surface area contributed by atoms with Crippen molar-refractivity contribution in [3.8, 4) is 5.75 Å². The van der Waals surface area contributed by atoms with Crippen molar-refractivity contribution in [1.29, 1.82) is 0 Å². The van der Waals surface area contributed by atoms with Gasteiger partial charge < -0.3 is 19.9 Å². The van der Waals surface area contributed by atoms with Crippen molar-refractivity contribution in [3.05, 3.63) is 53.0 Å². The third-order valence-electron chi connectivity index (χ3n) is 8.22. The predicted octanol–water partition coefficient (Wildman–Crippen LogP) is 5.19. The van der Waals surface area contributed by atoms with E-state index in [1.54, 1.807) is 4.90 Å². The molecule has 2 aromatic rings. The van der Waals surface area contributed by atoms with Crippen LogP contribution in [0.3, 0.4) is 0 Å². The van der Waals surface area contributed by atoms with Gasteiger partial charge in [-0.25, -0.2) is 13.8 Å². The van der Waals surface area contributed by atoms with Gasteiger partial charge in [0.05, 0.1) is 19.8 Å². The summed E-state index contributed by atoms with van der Waals surface area (Å²) in [6, 6.07) is 7.12. The highest BCUT2D eigenvalue weighted by Crippen LogP contribution is 2.37. The average molecular weight is 544 g/mol. The maximum absolute atomic E-state index is 15.2. The Morgan fingerprint density at radius 2 is 2.15 bits per heavy atom. The minimum atomic E-state index is -1.10. The van der Waals surface area contributed by atoms with Crippen LogP contribution in [0.1, 0.15) is 61.9 Å². The highest BCUT2D eigenvalue weighted by molar-refractivity contribution is 5.77. The summed E-state index contributed by atoms with van der Waals surface area (Å²) in [5.74, 6) is -0.527. The highest BCUT2D eigenvalue weighted by Gasteiger charge is 2.39. The molecule has 4 heterocycles. The van der Waals surface area contributed by atoms with Crippen molar-refractivity contribution in [1.82, 2.24) is 9.88 Å². The van der Waals surface area contributed by atoms with E-state index in [1.165, 1.54) is 23.8 Å². The monoisotopic (exact) mass is 543 g/mol. The number of nitrogens with one attached hydrogen (secondary N) is 1. The van der Waals surface area contributed by atoms with Crippen LogP contribution >= 0.6 is 0 Å². The van der Waals surface area contributed by atoms with Gasteiger partial charge in [0.15, 0.2) is 0 Å². The molecule has 3 aliphatic rings. The zero-order chi connectivity index (χ0) is 27.4. The summed E-state index contributed by atoms with van der Waals surface area (Å²) < 4.78 is 40.7. The van der Waals surface area contributed by atoms with Gasteiger partial charge in [0.2, 0.25) is 0 Å². The number of likely N-dealkylation sites (tertiary alicyclic amines) is 1. The molecule has 0 amide bonds. The van der Waals surface area contributed by atoms with Crippen LogP contribution in [0, 0.1) is 17.2 Å². The number of carbonyl (C=O) groups is 1. The van der Waals surface area contributed by atoms with Crippen LogP contribution in [0.2, 0.25) is 0 Å². The first-order valence-electron chi connectivity index (χ1n) is 14.1. The minimum absolute atomic E-state index is 0.141. The number of carboxylic acids is 1. The highest BCUT2D eigenvalue weighted by atomic mass is 19.1. The number of fused-ring (bicyclic) bond motifs is 1. The van der Waals surface area contributed by atoms with Crippen molar-refractivity contribution in [2.45, 2.75) is 64.1 Å². The number of anilines is 1. The molecule has 1 unspecified atom stereocenters. The summed E-state index contributed by atoms with van der Waals surface area (Å²) in [6.45, 7) is 5.23. The van der Waals surface area contributed by atoms with Gasteiger partial charge in [-0.3, -0.25) is 9.69 Å². The predicted molar refractivity (Wildman–Crippen MR) is 144 cm³/mol. The number of aryl methyl sites for hydroxylation is 2. The van der Waals surface area contributed by atoms with Crippen LogP contribution in [0.5, 0.6) is 5.75 Å². The Bertz CT molecular complexity index is 1160. The lowest BCUT2D eigenvalue weighted by atomic mass is 9.90. The molecule has 2 saturated heterocycles. The van der Waals surface area contributed by atoms with E-state index >= 15 is 4.39 Å². The normalized spacial score (nSPS) is 21.9. The van der Waals surface area contributed by atoms with E-state index in [0.717, 1.165) is 50.2 Å². The number of ether oxygens (including phenoxy) is 2. The summed E-state index contributed by atoms with van der Waals surface area (Å²) in [6.07, 6.45) is 4.60. The molecule has 2 fully saturated rings. The van der Waals surface area contributed by atoms with Crippen LogP contribution in [0.15, 0.2) is 30.3 Å². The number of aromatic nitrogens is 1. The molecular formula is C30H39F2N3O4. The van der Waals surface area contributed by atoms with Gasteiger partial charge in [-0.2, -0.15) is 0 Å². The summed E-state index contributed by atoms with van der Waals surface area (Å²) >= 11 is 0. The number of carboxylic acid groups (broad SMARTS) is 1. The van der Waals surface area contributed by atoms with Crippen LogP contribution in [0.4, 0.5) is 14.6 Å². The number of aliphatic carboxylic acids is 1. The lowest BCUT2D eigenvalue weighted by Gasteiger charge is -2.38. The molecule has 0 radical (unpaired) electrons.